The van der Waals surface area contributed by atoms with Gasteiger partial charge in [-0.1, -0.05) is 30.3 Å². The van der Waals surface area contributed by atoms with Crippen molar-refractivity contribution < 1.29 is 12.8 Å². The zero-order chi connectivity index (χ0) is 18.9. The summed E-state index contributed by atoms with van der Waals surface area (Å²) in [7, 11) is -4.10. The molecule has 0 aromatic heterocycles. The number of benzene rings is 3. The van der Waals surface area contributed by atoms with Gasteiger partial charge >= 0.3 is 0 Å². The first kappa shape index (κ1) is 18.1. The van der Waals surface area contributed by atoms with E-state index in [1.807, 2.05) is 18.2 Å². The van der Waals surface area contributed by atoms with Gasteiger partial charge in [0, 0.05) is 4.90 Å². The molecule has 0 fully saturated rings. The summed E-state index contributed by atoms with van der Waals surface area (Å²) < 4.78 is 36.7. The number of halogens is 1. The molecule has 7 heteroatoms. The van der Waals surface area contributed by atoms with Gasteiger partial charge < -0.3 is 0 Å². The van der Waals surface area contributed by atoms with Crippen LogP contribution in [0.2, 0.25) is 0 Å². The third-order valence-corrected chi connectivity index (χ3v) is 5.21. The van der Waals surface area contributed by atoms with E-state index in [0.717, 1.165) is 23.3 Å². The highest BCUT2D eigenvalue weighted by atomic mass is 32.2. The monoisotopic (exact) mass is 384 g/mol. The summed E-state index contributed by atoms with van der Waals surface area (Å²) in [4.78, 5) is 0.129. The minimum Gasteiger partial charge on any atom is -0.225 e. The number of sulfonamides is 1. The molecule has 0 bridgehead atoms. The molecule has 0 atom stereocenters. The van der Waals surface area contributed by atoms with Crippen molar-refractivity contribution in [3.8, 4) is 28.3 Å². The van der Waals surface area contributed by atoms with Crippen LogP contribution < -0.4 is 5.14 Å². The Morgan fingerprint density at radius 2 is 1.50 bits per heavy atom. The number of nitrogens with zero attached hydrogens (tertiary/aromatic N) is 1. The lowest BCUT2D eigenvalue weighted by atomic mass is 9.99. The molecule has 0 saturated carbocycles. The first-order valence-electron chi connectivity index (χ1n) is 7.46. The molecule has 0 aliphatic rings. The number of hydrogen-bond acceptors (Lipinski definition) is 4. The Bertz CT molecular complexity index is 1140. The zero-order valence-electron chi connectivity index (χ0n) is 13.3. The van der Waals surface area contributed by atoms with Crippen LogP contribution >= 0.6 is 12.6 Å². The highest BCUT2D eigenvalue weighted by Gasteiger charge is 2.15. The predicted molar refractivity (Wildman–Crippen MR) is 101 cm³/mol. The molecule has 3 aromatic rings. The number of rotatable bonds is 3. The lowest BCUT2D eigenvalue weighted by molar-refractivity contribution is 0.568. The van der Waals surface area contributed by atoms with Crippen LogP contribution in [0.25, 0.3) is 22.3 Å². The van der Waals surface area contributed by atoms with Gasteiger partial charge in [0.25, 0.3) is 0 Å². The number of nitrogens with two attached hydrogens (primary N) is 1. The zero-order valence-corrected chi connectivity index (χ0v) is 15.1. The number of primary sulfonamides is 1. The summed E-state index contributed by atoms with van der Waals surface area (Å²) in [6.45, 7) is 0. The minimum absolute atomic E-state index is 0.511. The predicted octanol–water partition coefficient (Wildman–Crippen LogP) is 3.97. The maximum absolute atomic E-state index is 14.0. The second-order valence-electron chi connectivity index (χ2n) is 5.61. The maximum atomic E-state index is 14.0. The van der Waals surface area contributed by atoms with Gasteiger partial charge in [0.2, 0.25) is 10.0 Å². The van der Waals surface area contributed by atoms with Gasteiger partial charge in [0.05, 0.1) is 11.6 Å². The molecule has 0 unspecified atom stereocenters. The third kappa shape index (κ3) is 3.63. The smallest absolute Gasteiger partial charge is 0.225 e. The van der Waals surface area contributed by atoms with Crippen LogP contribution in [0.15, 0.2) is 70.5 Å². The van der Waals surface area contributed by atoms with Crippen molar-refractivity contribution in [2.75, 3.05) is 0 Å². The van der Waals surface area contributed by atoms with Gasteiger partial charge in [-0.2, -0.15) is 5.26 Å². The van der Waals surface area contributed by atoms with E-state index in [-0.39, 0.29) is 0 Å². The Morgan fingerprint density at radius 3 is 2.04 bits per heavy atom. The van der Waals surface area contributed by atoms with E-state index in [1.165, 1.54) is 6.07 Å². The Kier molecular flexibility index (Phi) is 4.83. The Balaban J connectivity index is 2.00. The summed E-state index contributed by atoms with van der Waals surface area (Å²) in [5.41, 5.74) is 3.53. The van der Waals surface area contributed by atoms with Crippen LogP contribution in [-0.2, 0) is 10.0 Å². The van der Waals surface area contributed by atoms with Crippen LogP contribution in [0.5, 0.6) is 0 Å². The van der Waals surface area contributed by atoms with Crippen molar-refractivity contribution in [2.24, 2.45) is 5.14 Å². The molecule has 0 spiro atoms. The summed E-state index contributed by atoms with van der Waals surface area (Å²) >= 11 is 4.50. The van der Waals surface area contributed by atoms with Gasteiger partial charge in [-0.15, -0.1) is 12.6 Å². The van der Waals surface area contributed by atoms with Crippen molar-refractivity contribution in [1.29, 1.82) is 5.26 Å². The van der Waals surface area contributed by atoms with Gasteiger partial charge in [-0.25, -0.2) is 17.9 Å². The summed E-state index contributed by atoms with van der Waals surface area (Å²) in [6, 6.07) is 18.3. The first-order valence-corrected chi connectivity index (χ1v) is 9.45. The highest BCUT2D eigenvalue weighted by Crippen LogP contribution is 2.32. The van der Waals surface area contributed by atoms with Gasteiger partial charge in [0.1, 0.15) is 10.7 Å². The molecule has 130 valence electrons. The van der Waals surface area contributed by atoms with E-state index in [2.05, 4.69) is 18.7 Å². The van der Waals surface area contributed by atoms with Crippen LogP contribution in [0, 0.1) is 17.1 Å². The van der Waals surface area contributed by atoms with Crippen LogP contribution in [0.4, 0.5) is 4.39 Å². The minimum atomic E-state index is -4.10. The van der Waals surface area contributed by atoms with Gasteiger partial charge in [-0.3, -0.25) is 0 Å². The highest BCUT2D eigenvalue weighted by molar-refractivity contribution is 7.89. The van der Waals surface area contributed by atoms with E-state index in [0.29, 0.717) is 21.6 Å². The van der Waals surface area contributed by atoms with Crippen molar-refractivity contribution in [3.05, 3.63) is 72.0 Å². The van der Waals surface area contributed by atoms with Crippen molar-refractivity contribution >= 4 is 22.7 Å². The Hall–Kier alpha value is -2.66. The van der Waals surface area contributed by atoms with Crippen LogP contribution in [0.1, 0.15) is 5.56 Å². The molecule has 0 heterocycles. The van der Waals surface area contributed by atoms with Crippen LogP contribution in [0.3, 0.4) is 0 Å². The van der Waals surface area contributed by atoms with Gasteiger partial charge in [-0.05, 0) is 52.6 Å². The van der Waals surface area contributed by atoms with Crippen molar-refractivity contribution in [2.45, 2.75) is 9.79 Å². The molecular formula is C19H13FN2O2S2. The molecule has 3 rings (SSSR count). The number of hydrogen-bond donors (Lipinski definition) is 2. The molecule has 0 aliphatic heterocycles. The first-order chi connectivity index (χ1) is 12.3. The average Bonchev–Trinajstić information content (AvgIpc) is 2.60. The average molecular weight is 384 g/mol. The molecule has 3 aromatic carbocycles. The molecule has 26 heavy (non-hydrogen) atoms. The lowest BCUT2D eigenvalue weighted by Crippen LogP contribution is -2.13. The molecule has 0 saturated heterocycles. The lowest BCUT2D eigenvalue weighted by Gasteiger charge is -2.10. The quantitative estimate of drug-likeness (QED) is 0.670. The largest absolute Gasteiger partial charge is 0.240 e. The second-order valence-corrected chi connectivity index (χ2v) is 7.62. The Labute approximate surface area is 156 Å². The second kappa shape index (κ2) is 6.92. The summed E-state index contributed by atoms with van der Waals surface area (Å²) in [6.07, 6.45) is 0. The molecule has 0 radical (unpaired) electrons. The van der Waals surface area contributed by atoms with Crippen molar-refractivity contribution in [1.82, 2.24) is 0 Å². The molecule has 2 N–H and O–H groups in total. The van der Waals surface area contributed by atoms with Gasteiger partial charge in [0.15, 0.2) is 0 Å². The standard InChI is InChI=1S/C19H13FN2O2S2/c20-17-9-14(6-8-19(17)26(22,23)24)15-5-7-16(18(25)10-15)13-3-1-12(11-21)2-4-13/h1-10,25H,(H2,22,23,24). The maximum Gasteiger partial charge on any atom is 0.240 e. The van der Waals surface area contributed by atoms with E-state index in [4.69, 9.17) is 10.4 Å². The summed E-state index contributed by atoms with van der Waals surface area (Å²) in [5.74, 6) is -0.901. The summed E-state index contributed by atoms with van der Waals surface area (Å²) in [5, 5.41) is 13.8. The molecular weight excluding hydrogens is 371 g/mol. The van der Waals surface area contributed by atoms with E-state index < -0.39 is 20.7 Å². The fraction of sp³-hybridized carbons (Fsp3) is 0. The van der Waals surface area contributed by atoms with E-state index in [9.17, 15) is 12.8 Å². The third-order valence-electron chi connectivity index (χ3n) is 3.89. The molecule has 4 nitrogen and oxygen atoms in total. The van der Waals surface area contributed by atoms with Crippen molar-refractivity contribution in [3.63, 3.8) is 0 Å². The number of thiol groups is 1. The number of nitriles is 1. The van der Waals surface area contributed by atoms with E-state index in [1.54, 1.807) is 24.3 Å². The fourth-order valence-corrected chi connectivity index (χ4v) is 3.52. The normalized spacial score (nSPS) is 11.2. The van der Waals surface area contributed by atoms with E-state index >= 15 is 0 Å². The molecule has 0 aliphatic carbocycles. The fourth-order valence-electron chi connectivity index (χ4n) is 2.59. The topological polar surface area (TPSA) is 83.9 Å². The Morgan fingerprint density at radius 1 is 0.923 bits per heavy atom. The van der Waals surface area contributed by atoms with Crippen LogP contribution in [-0.4, -0.2) is 8.42 Å². The SMILES string of the molecule is N#Cc1ccc(-c2ccc(-c3ccc(S(N)(=O)=O)c(F)c3)cc2S)cc1. The molecule has 0 amide bonds.